The first kappa shape index (κ1) is 31.0. The molecule has 4 rings (SSSR count). The van der Waals surface area contributed by atoms with E-state index in [0.29, 0.717) is 24.2 Å². The van der Waals surface area contributed by atoms with Gasteiger partial charge in [0.2, 0.25) is 0 Å². The Balaban J connectivity index is 1.84. The molecule has 1 aromatic carbocycles. The maximum Gasteiger partial charge on any atom is 0.297 e. The SMILES string of the molecule is COc1cccn(-c2ccc3c(c2)[C@@]2(O[C@H](CCO)[C@@H]([Si](C)(C)O)[C@@H]2C)C(=O)N3C/C=C(\C)CCC=C(C)C)c1=O. The van der Waals surface area contributed by atoms with Crippen molar-refractivity contribution in [3.05, 3.63) is 75.7 Å². The summed E-state index contributed by atoms with van der Waals surface area (Å²) in [5, 5.41) is 9.86. The number of fused-ring (bicyclic) bond motifs is 2. The van der Waals surface area contributed by atoms with Gasteiger partial charge >= 0.3 is 0 Å². The Morgan fingerprint density at radius 3 is 2.54 bits per heavy atom. The molecule has 2 N–H and O–H groups in total. The summed E-state index contributed by atoms with van der Waals surface area (Å²) in [6.45, 7) is 12.2. The van der Waals surface area contributed by atoms with E-state index in [4.69, 9.17) is 9.47 Å². The zero-order valence-corrected chi connectivity index (χ0v) is 26.3. The van der Waals surface area contributed by atoms with E-state index in [-0.39, 0.29) is 35.3 Å². The lowest BCUT2D eigenvalue weighted by Crippen LogP contribution is -2.46. The summed E-state index contributed by atoms with van der Waals surface area (Å²) in [6, 6.07) is 8.93. The number of aromatic nitrogens is 1. The van der Waals surface area contributed by atoms with Crippen molar-refractivity contribution in [2.75, 3.05) is 25.2 Å². The van der Waals surface area contributed by atoms with Gasteiger partial charge in [-0.15, -0.1) is 0 Å². The number of hydrogen-bond donors (Lipinski definition) is 2. The molecule has 9 heteroatoms. The molecule has 2 aliphatic heterocycles. The molecule has 1 amide bonds. The van der Waals surface area contributed by atoms with Gasteiger partial charge in [0, 0.05) is 42.1 Å². The van der Waals surface area contributed by atoms with Crippen molar-refractivity contribution < 1.29 is 24.2 Å². The molecule has 1 spiro atoms. The lowest BCUT2D eigenvalue weighted by molar-refractivity contribution is -0.146. The first-order chi connectivity index (χ1) is 19.4. The van der Waals surface area contributed by atoms with E-state index in [1.165, 1.54) is 22.8 Å². The molecule has 1 fully saturated rings. The highest BCUT2D eigenvalue weighted by atomic mass is 28.4. The standard InChI is InChI=1S/C32H44N2O6Si/c1-21(2)10-8-11-22(3)15-18-34-26-14-13-24(33-17-9-12-28(39-5)30(33)36)20-25(26)32(31(34)37)23(4)29(41(6,7)38)27(40-32)16-19-35/h9-10,12-15,17,20,23,27,29,35,38H,8,11,16,18-19H2,1-7H3/b22-15+/t23-,27+,29-,32+/m0/s1. The second-order valence-corrected chi connectivity index (χ2v) is 16.1. The molecule has 0 aliphatic carbocycles. The number of hydrogen-bond acceptors (Lipinski definition) is 6. The monoisotopic (exact) mass is 580 g/mol. The number of nitrogens with zero attached hydrogens (tertiary/aromatic N) is 2. The average molecular weight is 581 g/mol. The van der Waals surface area contributed by atoms with Crippen LogP contribution in [-0.2, 0) is 15.1 Å². The minimum Gasteiger partial charge on any atom is -0.491 e. The molecule has 2 aromatic rings. The first-order valence-electron chi connectivity index (χ1n) is 14.4. The second kappa shape index (κ2) is 12.1. The second-order valence-electron chi connectivity index (χ2n) is 12.1. The molecule has 1 aromatic heterocycles. The quantitative estimate of drug-likeness (QED) is 0.301. The van der Waals surface area contributed by atoms with E-state index >= 15 is 0 Å². The number of aliphatic hydroxyl groups is 1. The molecule has 0 saturated carbocycles. The van der Waals surface area contributed by atoms with E-state index in [1.807, 2.05) is 38.2 Å². The van der Waals surface area contributed by atoms with Crippen LogP contribution in [0.15, 0.2) is 64.6 Å². The molecule has 2 aliphatic rings. The third-order valence-corrected chi connectivity index (χ3v) is 11.0. The van der Waals surface area contributed by atoms with Crippen LogP contribution in [0.5, 0.6) is 5.75 Å². The van der Waals surface area contributed by atoms with Crippen LogP contribution in [-0.4, -0.2) is 55.1 Å². The Kier molecular flexibility index (Phi) is 9.13. The van der Waals surface area contributed by atoms with Gasteiger partial charge in [0.15, 0.2) is 19.7 Å². The van der Waals surface area contributed by atoms with Crippen LogP contribution in [0.3, 0.4) is 0 Å². The Hall–Kier alpha value is -2.98. The van der Waals surface area contributed by atoms with Crippen LogP contribution in [0.25, 0.3) is 5.69 Å². The predicted molar refractivity (Wildman–Crippen MR) is 164 cm³/mol. The van der Waals surface area contributed by atoms with Crippen molar-refractivity contribution in [2.45, 2.75) is 77.3 Å². The Labute approximate surface area is 244 Å². The van der Waals surface area contributed by atoms with Gasteiger partial charge in [-0.25, -0.2) is 0 Å². The van der Waals surface area contributed by atoms with Crippen LogP contribution < -0.4 is 15.2 Å². The molecule has 0 radical (unpaired) electrons. The van der Waals surface area contributed by atoms with Crippen molar-refractivity contribution in [1.29, 1.82) is 0 Å². The topological polar surface area (TPSA) is 101 Å². The fraction of sp³-hybridized carbons (Fsp3) is 0.500. The van der Waals surface area contributed by atoms with Crippen LogP contribution in [0.4, 0.5) is 5.69 Å². The van der Waals surface area contributed by atoms with Crippen LogP contribution >= 0.6 is 0 Å². The zero-order valence-electron chi connectivity index (χ0n) is 25.3. The number of aliphatic hydroxyl groups excluding tert-OH is 1. The van der Waals surface area contributed by atoms with E-state index in [1.54, 1.807) is 23.2 Å². The number of anilines is 1. The third-order valence-electron chi connectivity index (χ3n) is 8.50. The van der Waals surface area contributed by atoms with Gasteiger partial charge in [0.05, 0.1) is 18.9 Å². The van der Waals surface area contributed by atoms with Gasteiger partial charge in [0.1, 0.15) is 0 Å². The fourth-order valence-electron chi connectivity index (χ4n) is 6.56. The van der Waals surface area contributed by atoms with Crippen molar-refractivity contribution in [3.8, 4) is 11.4 Å². The maximum atomic E-state index is 14.5. The summed E-state index contributed by atoms with van der Waals surface area (Å²) >= 11 is 0. The maximum absolute atomic E-state index is 14.5. The predicted octanol–water partition coefficient (Wildman–Crippen LogP) is 5.07. The third kappa shape index (κ3) is 5.73. The van der Waals surface area contributed by atoms with Crippen molar-refractivity contribution in [1.82, 2.24) is 4.57 Å². The van der Waals surface area contributed by atoms with Crippen molar-refractivity contribution in [3.63, 3.8) is 0 Å². The number of carbonyl (C=O) groups excluding carboxylic acids is 1. The largest absolute Gasteiger partial charge is 0.491 e. The van der Waals surface area contributed by atoms with Crippen LogP contribution in [0.2, 0.25) is 18.6 Å². The highest BCUT2D eigenvalue weighted by Crippen LogP contribution is 2.59. The normalized spacial score (nSPS) is 24.2. The van der Waals surface area contributed by atoms with Gasteiger partial charge in [-0.1, -0.05) is 30.2 Å². The molecule has 4 atom stereocenters. The molecule has 0 bridgehead atoms. The summed E-state index contributed by atoms with van der Waals surface area (Å²) in [5.41, 5.74) is 2.57. The average Bonchev–Trinajstić information content (AvgIpc) is 3.33. The molecular weight excluding hydrogens is 536 g/mol. The van der Waals surface area contributed by atoms with E-state index in [2.05, 4.69) is 32.9 Å². The lowest BCUT2D eigenvalue weighted by atomic mass is 9.82. The lowest BCUT2D eigenvalue weighted by Gasteiger charge is -2.32. The molecule has 3 heterocycles. The van der Waals surface area contributed by atoms with E-state index in [9.17, 15) is 19.5 Å². The number of rotatable bonds is 10. The molecule has 222 valence electrons. The van der Waals surface area contributed by atoms with E-state index in [0.717, 1.165) is 18.5 Å². The number of amides is 1. The highest BCUT2D eigenvalue weighted by molar-refractivity contribution is 6.71. The first-order valence-corrected chi connectivity index (χ1v) is 17.4. The summed E-state index contributed by atoms with van der Waals surface area (Å²) in [7, 11) is -1.35. The van der Waals surface area contributed by atoms with Gasteiger partial charge in [-0.3, -0.25) is 14.2 Å². The Morgan fingerprint density at radius 2 is 1.90 bits per heavy atom. The number of ether oxygens (including phenoxy) is 2. The van der Waals surface area contributed by atoms with Crippen molar-refractivity contribution >= 4 is 19.9 Å². The van der Waals surface area contributed by atoms with E-state index < -0.39 is 20.0 Å². The number of carbonyl (C=O) groups is 1. The molecule has 8 nitrogen and oxygen atoms in total. The van der Waals surface area contributed by atoms with Gasteiger partial charge in [0.25, 0.3) is 11.5 Å². The number of allylic oxidation sites excluding steroid dienone is 3. The van der Waals surface area contributed by atoms with Crippen molar-refractivity contribution in [2.24, 2.45) is 5.92 Å². The van der Waals surface area contributed by atoms with Gasteiger partial charge in [-0.05, 0) is 83.5 Å². The number of methoxy groups -OCH3 is 1. The number of benzene rings is 1. The Bertz CT molecular complexity index is 1400. The summed E-state index contributed by atoms with van der Waals surface area (Å²) in [6.07, 6.45) is 7.68. The molecule has 0 unspecified atom stereocenters. The smallest absolute Gasteiger partial charge is 0.297 e. The zero-order chi connectivity index (χ0) is 30.1. The summed E-state index contributed by atoms with van der Waals surface area (Å²) in [4.78, 5) is 40.7. The number of pyridine rings is 1. The minimum absolute atomic E-state index is 0.105. The molecule has 1 saturated heterocycles. The highest BCUT2D eigenvalue weighted by Gasteiger charge is 2.66. The van der Waals surface area contributed by atoms with Gasteiger partial charge in [-0.2, -0.15) is 0 Å². The molecular formula is C32H44N2O6Si. The van der Waals surface area contributed by atoms with Gasteiger partial charge < -0.3 is 24.3 Å². The van der Waals surface area contributed by atoms with Crippen LogP contribution in [0, 0.1) is 5.92 Å². The molecule has 41 heavy (non-hydrogen) atoms. The summed E-state index contributed by atoms with van der Waals surface area (Å²) < 4.78 is 13.5. The van der Waals surface area contributed by atoms with Crippen LogP contribution in [0.1, 0.15) is 52.5 Å². The fourth-order valence-corrected chi connectivity index (χ4v) is 9.17. The minimum atomic E-state index is -2.81. The Morgan fingerprint density at radius 1 is 1.17 bits per heavy atom. The summed E-state index contributed by atoms with van der Waals surface area (Å²) in [5.74, 6) is -0.301.